The number of nitrogens with one attached hydrogen (secondary N) is 1. The van der Waals surface area contributed by atoms with Crippen molar-refractivity contribution in [2.24, 2.45) is 0 Å². The summed E-state index contributed by atoms with van der Waals surface area (Å²) in [7, 11) is 0. The largest absolute Gasteiger partial charge is 0.417 e. The van der Waals surface area contributed by atoms with E-state index < -0.39 is 29.3 Å². The molecule has 0 saturated carbocycles. The second-order valence-corrected chi connectivity index (χ2v) is 4.99. The summed E-state index contributed by atoms with van der Waals surface area (Å²) in [6, 6.07) is 2.96. The smallest absolute Gasteiger partial charge is 0.396 e. The van der Waals surface area contributed by atoms with Crippen LogP contribution in [-0.2, 0) is 6.18 Å². The normalized spacial score (nSPS) is 13.2. The van der Waals surface area contributed by atoms with E-state index >= 15 is 0 Å². The Balaban J connectivity index is 3.03. The van der Waals surface area contributed by atoms with Crippen molar-refractivity contribution in [3.05, 3.63) is 33.8 Å². The van der Waals surface area contributed by atoms with E-state index in [9.17, 15) is 18.0 Å². The molecule has 0 heterocycles. The summed E-state index contributed by atoms with van der Waals surface area (Å²) in [6.07, 6.45) is -4.32. The molecule has 1 amide bonds. The van der Waals surface area contributed by atoms with Crippen molar-refractivity contribution < 1.29 is 23.1 Å². The Kier molecular flexibility index (Phi) is 5.37. The highest BCUT2D eigenvalue weighted by molar-refractivity contribution is 9.10. The fourth-order valence-corrected chi connectivity index (χ4v) is 1.88. The van der Waals surface area contributed by atoms with E-state index in [1.54, 1.807) is 6.92 Å². The molecule has 0 unspecified atom stereocenters. The first-order chi connectivity index (χ1) is 8.75. The average molecular weight is 340 g/mol. The SMILES string of the molecule is C[C@@H](CCO)NC(=O)c1ccc(Br)cc1C(F)(F)F. The molecule has 3 nitrogen and oxygen atoms in total. The number of carbonyl (C=O) groups excluding carboxylic acids is 1. The van der Waals surface area contributed by atoms with Gasteiger partial charge in [0.25, 0.3) is 5.91 Å². The maximum atomic E-state index is 12.8. The van der Waals surface area contributed by atoms with Gasteiger partial charge >= 0.3 is 6.18 Å². The van der Waals surface area contributed by atoms with Crippen LogP contribution >= 0.6 is 15.9 Å². The highest BCUT2D eigenvalue weighted by atomic mass is 79.9. The number of alkyl halides is 3. The molecule has 19 heavy (non-hydrogen) atoms. The molecule has 0 spiro atoms. The van der Waals surface area contributed by atoms with Crippen LogP contribution in [-0.4, -0.2) is 23.7 Å². The van der Waals surface area contributed by atoms with E-state index in [2.05, 4.69) is 21.2 Å². The van der Waals surface area contributed by atoms with Gasteiger partial charge in [0.2, 0.25) is 0 Å². The second kappa shape index (κ2) is 6.38. The highest BCUT2D eigenvalue weighted by Gasteiger charge is 2.35. The average Bonchev–Trinajstić information content (AvgIpc) is 2.27. The van der Waals surface area contributed by atoms with E-state index in [1.807, 2.05) is 0 Å². The van der Waals surface area contributed by atoms with E-state index in [0.29, 0.717) is 0 Å². The van der Waals surface area contributed by atoms with Gasteiger partial charge in [0, 0.05) is 17.1 Å². The van der Waals surface area contributed by atoms with E-state index in [-0.39, 0.29) is 17.5 Å². The van der Waals surface area contributed by atoms with Gasteiger partial charge in [-0.1, -0.05) is 15.9 Å². The summed E-state index contributed by atoms with van der Waals surface area (Å²) < 4.78 is 38.7. The number of aliphatic hydroxyl groups excluding tert-OH is 1. The molecule has 106 valence electrons. The van der Waals surface area contributed by atoms with Gasteiger partial charge in [-0.3, -0.25) is 4.79 Å². The van der Waals surface area contributed by atoms with Crippen molar-refractivity contribution in [1.29, 1.82) is 0 Å². The molecule has 0 radical (unpaired) electrons. The number of benzene rings is 1. The molecule has 0 aliphatic carbocycles. The van der Waals surface area contributed by atoms with Crippen molar-refractivity contribution in [2.75, 3.05) is 6.61 Å². The predicted molar refractivity (Wildman–Crippen MR) is 67.8 cm³/mol. The summed E-state index contributed by atoms with van der Waals surface area (Å²) in [6.45, 7) is 1.47. The molecule has 0 bridgehead atoms. The Morgan fingerprint density at radius 2 is 2.11 bits per heavy atom. The number of hydrogen-bond donors (Lipinski definition) is 2. The summed E-state index contributed by atoms with van der Waals surface area (Å²) in [5.74, 6) is -0.805. The first kappa shape index (κ1) is 16.0. The minimum Gasteiger partial charge on any atom is -0.396 e. The molecule has 1 rings (SSSR count). The number of rotatable bonds is 4. The van der Waals surface area contributed by atoms with Crippen LogP contribution in [0.2, 0.25) is 0 Å². The second-order valence-electron chi connectivity index (χ2n) is 4.07. The topological polar surface area (TPSA) is 49.3 Å². The van der Waals surface area contributed by atoms with E-state index in [4.69, 9.17) is 5.11 Å². The molecule has 0 aromatic heterocycles. The molecule has 1 aromatic rings. The summed E-state index contributed by atoms with van der Waals surface area (Å²) in [4.78, 5) is 11.8. The fourth-order valence-electron chi connectivity index (χ4n) is 1.52. The Hall–Kier alpha value is -1.08. The van der Waals surface area contributed by atoms with Gasteiger partial charge in [0.05, 0.1) is 11.1 Å². The molecule has 1 atom stereocenters. The summed E-state index contributed by atoms with van der Waals surface area (Å²) >= 11 is 2.95. The molecule has 1 aromatic carbocycles. The van der Waals surface area contributed by atoms with Crippen molar-refractivity contribution in [3.8, 4) is 0 Å². The fraction of sp³-hybridized carbons (Fsp3) is 0.417. The Morgan fingerprint density at radius 3 is 2.63 bits per heavy atom. The lowest BCUT2D eigenvalue weighted by Crippen LogP contribution is -2.34. The van der Waals surface area contributed by atoms with Gasteiger partial charge < -0.3 is 10.4 Å². The molecule has 0 aliphatic heterocycles. The number of hydrogen-bond acceptors (Lipinski definition) is 2. The number of halogens is 4. The van der Waals surface area contributed by atoms with Crippen LogP contribution in [0.5, 0.6) is 0 Å². The first-order valence-corrected chi connectivity index (χ1v) is 6.33. The number of aliphatic hydroxyl groups is 1. The maximum absolute atomic E-state index is 12.8. The molecular formula is C12H13BrF3NO2. The quantitative estimate of drug-likeness (QED) is 0.885. The lowest BCUT2D eigenvalue weighted by atomic mass is 10.1. The van der Waals surface area contributed by atoms with Crippen LogP contribution in [0, 0.1) is 0 Å². The molecule has 0 saturated heterocycles. The Bertz CT molecular complexity index is 463. The van der Waals surface area contributed by atoms with Crippen molar-refractivity contribution >= 4 is 21.8 Å². The zero-order valence-electron chi connectivity index (χ0n) is 10.1. The zero-order chi connectivity index (χ0) is 14.6. The minimum atomic E-state index is -4.60. The zero-order valence-corrected chi connectivity index (χ0v) is 11.7. The lowest BCUT2D eigenvalue weighted by molar-refractivity contribution is -0.138. The third kappa shape index (κ3) is 4.50. The van der Waals surface area contributed by atoms with Crippen LogP contribution in [0.1, 0.15) is 29.3 Å². The third-order valence-electron chi connectivity index (χ3n) is 2.47. The molecular weight excluding hydrogens is 327 g/mol. The minimum absolute atomic E-state index is 0.145. The van der Waals surface area contributed by atoms with Crippen LogP contribution < -0.4 is 5.32 Å². The van der Waals surface area contributed by atoms with Gasteiger partial charge in [0.1, 0.15) is 0 Å². The third-order valence-corrected chi connectivity index (χ3v) is 2.96. The van der Waals surface area contributed by atoms with Crippen molar-refractivity contribution in [3.63, 3.8) is 0 Å². The van der Waals surface area contributed by atoms with E-state index in [1.165, 1.54) is 6.07 Å². The van der Waals surface area contributed by atoms with Crippen LogP contribution in [0.15, 0.2) is 22.7 Å². The molecule has 7 heteroatoms. The number of amides is 1. The number of carbonyl (C=O) groups is 1. The highest BCUT2D eigenvalue weighted by Crippen LogP contribution is 2.33. The van der Waals surface area contributed by atoms with Crippen molar-refractivity contribution in [2.45, 2.75) is 25.6 Å². The van der Waals surface area contributed by atoms with Gasteiger partial charge in [-0.25, -0.2) is 0 Å². The maximum Gasteiger partial charge on any atom is 0.417 e. The van der Waals surface area contributed by atoms with Crippen LogP contribution in [0.4, 0.5) is 13.2 Å². The van der Waals surface area contributed by atoms with Gasteiger partial charge in [-0.15, -0.1) is 0 Å². The summed E-state index contributed by atoms with van der Waals surface area (Å²) in [5, 5.41) is 11.1. The van der Waals surface area contributed by atoms with Crippen molar-refractivity contribution in [1.82, 2.24) is 5.32 Å². The lowest BCUT2D eigenvalue weighted by Gasteiger charge is -2.16. The molecule has 2 N–H and O–H groups in total. The Morgan fingerprint density at radius 1 is 1.47 bits per heavy atom. The Labute approximate surface area is 116 Å². The summed E-state index contributed by atoms with van der Waals surface area (Å²) in [5.41, 5.74) is -1.42. The van der Waals surface area contributed by atoms with Crippen LogP contribution in [0.25, 0.3) is 0 Å². The standard InChI is InChI=1S/C12H13BrF3NO2/c1-7(4-5-18)17-11(19)9-3-2-8(13)6-10(9)12(14,15)16/h2-3,6-7,18H,4-5H2,1H3,(H,17,19)/t7-/m0/s1. The first-order valence-electron chi connectivity index (χ1n) is 5.54. The predicted octanol–water partition coefficient (Wildman–Crippen LogP) is 2.97. The van der Waals surface area contributed by atoms with E-state index in [0.717, 1.165) is 12.1 Å². The monoisotopic (exact) mass is 339 g/mol. The molecule has 0 fully saturated rings. The van der Waals surface area contributed by atoms with Gasteiger partial charge in [-0.2, -0.15) is 13.2 Å². The van der Waals surface area contributed by atoms with Gasteiger partial charge in [-0.05, 0) is 31.5 Å². The van der Waals surface area contributed by atoms with Crippen LogP contribution in [0.3, 0.4) is 0 Å². The molecule has 0 aliphatic rings. The van der Waals surface area contributed by atoms with Gasteiger partial charge in [0.15, 0.2) is 0 Å².